The van der Waals surface area contributed by atoms with E-state index >= 15 is 0 Å². The van der Waals surface area contributed by atoms with E-state index in [1.165, 1.54) is 6.07 Å². The zero-order valence-corrected chi connectivity index (χ0v) is 10.8. The molecule has 0 amide bonds. The molecule has 2 aromatic rings. The van der Waals surface area contributed by atoms with E-state index in [-0.39, 0.29) is 5.69 Å². The van der Waals surface area contributed by atoms with Crippen LogP contribution in [-0.4, -0.2) is 14.8 Å². The summed E-state index contributed by atoms with van der Waals surface area (Å²) < 4.78 is 39.8. The van der Waals surface area contributed by atoms with E-state index in [1.54, 1.807) is 0 Å². The van der Waals surface area contributed by atoms with Crippen molar-refractivity contribution in [2.24, 2.45) is 0 Å². The Kier molecular flexibility index (Phi) is 2.74. The monoisotopic (exact) mass is 282 g/mol. The van der Waals surface area contributed by atoms with Gasteiger partial charge < -0.3 is 10.3 Å². The maximum absolute atomic E-state index is 12.6. The van der Waals surface area contributed by atoms with Crippen LogP contribution < -0.4 is 5.73 Å². The lowest BCUT2D eigenvalue weighted by molar-refractivity contribution is -0.137. The zero-order chi connectivity index (χ0) is 14.5. The second-order valence-corrected chi connectivity index (χ2v) is 4.97. The molecule has 1 aromatic heterocycles. The minimum Gasteiger partial charge on any atom is -0.398 e. The summed E-state index contributed by atoms with van der Waals surface area (Å²) in [6.07, 6.45) is -2.33. The summed E-state index contributed by atoms with van der Waals surface area (Å²) in [6.45, 7) is 1.83. The van der Waals surface area contributed by atoms with Gasteiger partial charge in [0.1, 0.15) is 5.82 Å². The highest BCUT2D eigenvalue weighted by Gasteiger charge is 2.32. The van der Waals surface area contributed by atoms with Crippen molar-refractivity contribution in [1.29, 1.82) is 0 Å². The Morgan fingerprint density at radius 3 is 2.50 bits per heavy atom. The SMILES string of the molecule is Cc1nnc(-c2ccc(C(F)(F)F)cc2N)n1C1CC1. The molecule has 1 aliphatic carbocycles. The maximum atomic E-state index is 12.6. The van der Waals surface area contributed by atoms with Crippen molar-refractivity contribution >= 4 is 5.69 Å². The lowest BCUT2D eigenvalue weighted by atomic mass is 10.1. The molecule has 1 aromatic carbocycles. The van der Waals surface area contributed by atoms with Crippen LogP contribution in [0.15, 0.2) is 18.2 Å². The lowest BCUT2D eigenvalue weighted by Crippen LogP contribution is -2.07. The van der Waals surface area contributed by atoms with E-state index in [0.29, 0.717) is 17.4 Å². The highest BCUT2D eigenvalue weighted by molar-refractivity contribution is 5.72. The smallest absolute Gasteiger partial charge is 0.398 e. The van der Waals surface area contributed by atoms with Crippen molar-refractivity contribution in [2.45, 2.75) is 32.0 Å². The van der Waals surface area contributed by atoms with E-state index in [9.17, 15) is 13.2 Å². The van der Waals surface area contributed by atoms with Gasteiger partial charge in [-0.05, 0) is 38.0 Å². The van der Waals surface area contributed by atoms with Crippen LogP contribution in [0.4, 0.5) is 18.9 Å². The second-order valence-electron chi connectivity index (χ2n) is 4.97. The molecule has 0 atom stereocenters. The number of benzene rings is 1. The predicted molar refractivity (Wildman–Crippen MR) is 67.9 cm³/mol. The standard InChI is InChI=1S/C13H13F3N4/c1-7-18-19-12(20(7)9-3-4-9)10-5-2-8(6-11(10)17)13(14,15)16/h2,5-6,9H,3-4,17H2,1H3. The summed E-state index contributed by atoms with van der Waals surface area (Å²) >= 11 is 0. The van der Waals surface area contributed by atoms with Gasteiger partial charge in [0.25, 0.3) is 0 Å². The fourth-order valence-corrected chi connectivity index (χ4v) is 2.27. The van der Waals surface area contributed by atoms with Gasteiger partial charge in [-0.25, -0.2) is 0 Å². The fourth-order valence-electron chi connectivity index (χ4n) is 2.27. The number of aromatic nitrogens is 3. The average Bonchev–Trinajstić information content (AvgIpc) is 3.12. The van der Waals surface area contributed by atoms with Gasteiger partial charge in [-0.1, -0.05) is 0 Å². The van der Waals surface area contributed by atoms with E-state index in [4.69, 9.17) is 5.73 Å². The fraction of sp³-hybridized carbons (Fsp3) is 0.385. The van der Waals surface area contributed by atoms with Crippen molar-refractivity contribution in [1.82, 2.24) is 14.8 Å². The number of aryl methyl sites for hydroxylation is 1. The molecule has 7 heteroatoms. The third-order valence-corrected chi connectivity index (χ3v) is 3.40. The van der Waals surface area contributed by atoms with Crippen LogP contribution in [0, 0.1) is 6.92 Å². The number of nitrogens with zero attached hydrogens (tertiary/aromatic N) is 3. The molecule has 0 bridgehead atoms. The first-order chi connectivity index (χ1) is 9.38. The van der Waals surface area contributed by atoms with Crippen molar-refractivity contribution in [3.05, 3.63) is 29.6 Å². The summed E-state index contributed by atoms with van der Waals surface area (Å²) in [7, 11) is 0. The molecule has 0 spiro atoms. The topological polar surface area (TPSA) is 56.7 Å². The number of anilines is 1. The molecular formula is C13H13F3N4. The van der Waals surface area contributed by atoms with Crippen LogP contribution in [0.5, 0.6) is 0 Å². The number of hydrogen-bond donors (Lipinski definition) is 1. The summed E-state index contributed by atoms with van der Waals surface area (Å²) in [5.74, 6) is 1.29. The first-order valence-electron chi connectivity index (χ1n) is 6.26. The van der Waals surface area contributed by atoms with Gasteiger partial charge in [0.15, 0.2) is 5.82 Å². The van der Waals surface area contributed by atoms with Crippen LogP contribution in [0.25, 0.3) is 11.4 Å². The van der Waals surface area contributed by atoms with Crippen LogP contribution in [0.3, 0.4) is 0 Å². The molecule has 1 saturated carbocycles. The zero-order valence-electron chi connectivity index (χ0n) is 10.8. The quantitative estimate of drug-likeness (QED) is 0.861. The van der Waals surface area contributed by atoms with Crippen molar-refractivity contribution in [3.8, 4) is 11.4 Å². The van der Waals surface area contributed by atoms with Crippen LogP contribution in [0.1, 0.15) is 30.3 Å². The minimum absolute atomic E-state index is 0.0640. The second kappa shape index (κ2) is 4.22. The minimum atomic E-state index is -4.40. The van der Waals surface area contributed by atoms with Crippen LogP contribution in [0.2, 0.25) is 0 Å². The predicted octanol–water partition coefficient (Wildman–Crippen LogP) is 3.19. The Bertz CT molecular complexity index is 656. The highest BCUT2D eigenvalue weighted by Crippen LogP contribution is 2.40. The summed E-state index contributed by atoms with van der Waals surface area (Å²) in [5.41, 5.74) is 5.57. The average molecular weight is 282 g/mol. The summed E-state index contributed by atoms with van der Waals surface area (Å²) in [4.78, 5) is 0. The van der Waals surface area contributed by atoms with Crippen molar-refractivity contribution < 1.29 is 13.2 Å². The van der Waals surface area contributed by atoms with E-state index < -0.39 is 11.7 Å². The van der Waals surface area contributed by atoms with Gasteiger partial charge in [0.05, 0.1) is 5.56 Å². The number of alkyl halides is 3. The third-order valence-electron chi connectivity index (χ3n) is 3.40. The van der Waals surface area contributed by atoms with Crippen LogP contribution >= 0.6 is 0 Å². The van der Waals surface area contributed by atoms with E-state index in [1.807, 2.05) is 11.5 Å². The Morgan fingerprint density at radius 1 is 1.25 bits per heavy atom. The Morgan fingerprint density at radius 2 is 1.95 bits per heavy atom. The van der Waals surface area contributed by atoms with E-state index in [2.05, 4.69) is 10.2 Å². The molecule has 1 aliphatic rings. The maximum Gasteiger partial charge on any atom is 0.416 e. The Labute approximate surface area is 113 Å². The molecule has 0 aliphatic heterocycles. The number of halogens is 3. The first kappa shape index (κ1) is 13.0. The molecule has 1 heterocycles. The Balaban J connectivity index is 2.07. The number of rotatable bonds is 2. The Hall–Kier alpha value is -2.05. The van der Waals surface area contributed by atoms with Gasteiger partial charge in [0.2, 0.25) is 0 Å². The summed E-state index contributed by atoms with van der Waals surface area (Å²) in [6, 6.07) is 3.66. The van der Waals surface area contributed by atoms with Crippen molar-refractivity contribution in [2.75, 3.05) is 5.73 Å². The van der Waals surface area contributed by atoms with Crippen LogP contribution in [-0.2, 0) is 6.18 Å². The van der Waals surface area contributed by atoms with Gasteiger partial charge in [-0.2, -0.15) is 13.2 Å². The molecular weight excluding hydrogens is 269 g/mol. The number of nitrogen functional groups attached to an aromatic ring is 1. The number of hydrogen-bond acceptors (Lipinski definition) is 3. The molecule has 106 valence electrons. The highest BCUT2D eigenvalue weighted by atomic mass is 19.4. The molecule has 4 nitrogen and oxygen atoms in total. The molecule has 2 N–H and O–H groups in total. The molecule has 20 heavy (non-hydrogen) atoms. The molecule has 0 radical (unpaired) electrons. The lowest BCUT2D eigenvalue weighted by Gasteiger charge is -2.12. The van der Waals surface area contributed by atoms with Gasteiger partial charge in [0, 0.05) is 17.3 Å². The summed E-state index contributed by atoms with van der Waals surface area (Å²) in [5, 5.41) is 8.05. The molecule has 0 unspecified atom stereocenters. The van der Waals surface area contributed by atoms with Gasteiger partial charge >= 0.3 is 6.18 Å². The molecule has 0 saturated heterocycles. The van der Waals surface area contributed by atoms with E-state index in [0.717, 1.165) is 30.8 Å². The third kappa shape index (κ3) is 2.13. The first-order valence-corrected chi connectivity index (χ1v) is 6.26. The van der Waals surface area contributed by atoms with Gasteiger partial charge in [-0.3, -0.25) is 0 Å². The molecule has 1 fully saturated rings. The van der Waals surface area contributed by atoms with Crippen molar-refractivity contribution in [3.63, 3.8) is 0 Å². The normalized spacial score (nSPS) is 15.6. The molecule has 3 rings (SSSR count). The van der Waals surface area contributed by atoms with Gasteiger partial charge in [-0.15, -0.1) is 10.2 Å². The number of nitrogens with two attached hydrogens (primary N) is 1. The largest absolute Gasteiger partial charge is 0.416 e.